The first-order valence-electron chi connectivity index (χ1n) is 13.2. The van der Waals surface area contributed by atoms with E-state index in [-0.39, 0.29) is 5.92 Å². The summed E-state index contributed by atoms with van der Waals surface area (Å²) in [5, 5.41) is 15.2. The number of fused-ring (bicyclic) bond motifs is 1. The highest BCUT2D eigenvalue weighted by molar-refractivity contribution is 5.69. The molecule has 2 aromatic carbocycles. The molecule has 2 unspecified atom stereocenters. The number of aromatic nitrogens is 5. The Hall–Kier alpha value is -3.71. The number of aliphatic hydroxyl groups excluding tert-OH is 1. The van der Waals surface area contributed by atoms with Crippen molar-refractivity contribution in [2.75, 3.05) is 7.11 Å². The van der Waals surface area contributed by atoms with Gasteiger partial charge in [-0.25, -0.2) is 14.6 Å². The van der Waals surface area contributed by atoms with Gasteiger partial charge in [-0.2, -0.15) is 5.10 Å². The largest absolute Gasteiger partial charge is 0.495 e. The van der Waals surface area contributed by atoms with Crippen molar-refractivity contribution in [2.45, 2.75) is 64.5 Å². The lowest BCUT2D eigenvalue weighted by molar-refractivity contribution is 0.164. The number of unbranched alkanes of at least 4 members (excludes halogenated alkanes) is 1. The first-order chi connectivity index (χ1) is 18.1. The molecular formula is C30H35N5O2. The first-order valence-corrected chi connectivity index (χ1v) is 13.2. The predicted octanol–water partition coefficient (Wildman–Crippen LogP) is 6.10. The molecule has 1 N–H and O–H groups in total. The quantitative estimate of drug-likeness (QED) is 0.302. The zero-order valence-corrected chi connectivity index (χ0v) is 21.8. The van der Waals surface area contributed by atoms with E-state index in [1.807, 2.05) is 46.7 Å². The van der Waals surface area contributed by atoms with Gasteiger partial charge in [0.25, 0.3) is 0 Å². The number of aliphatic hydroxyl groups is 1. The van der Waals surface area contributed by atoms with Gasteiger partial charge in [-0.1, -0.05) is 56.2 Å². The molecule has 2 atom stereocenters. The molecule has 0 aliphatic carbocycles. The second kappa shape index (κ2) is 11.1. The number of hydrogen-bond acceptors (Lipinski definition) is 5. The van der Waals surface area contributed by atoms with Crippen LogP contribution in [-0.2, 0) is 6.54 Å². The highest BCUT2D eigenvalue weighted by Gasteiger charge is 2.25. The van der Waals surface area contributed by atoms with Crippen molar-refractivity contribution >= 4 is 12.2 Å². The fourth-order valence-corrected chi connectivity index (χ4v) is 5.00. The van der Waals surface area contributed by atoms with Crippen molar-refractivity contribution in [2.24, 2.45) is 0 Å². The van der Waals surface area contributed by atoms with Crippen LogP contribution in [0.3, 0.4) is 0 Å². The molecule has 4 aromatic rings. The number of methoxy groups -OCH3 is 1. The highest BCUT2D eigenvalue weighted by atomic mass is 16.5. The number of benzene rings is 2. The smallest absolute Gasteiger partial charge is 0.174 e. The number of imidazole rings is 1. The molecule has 0 amide bonds. The van der Waals surface area contributed by atoms with E-state index in [9.17, 15) is 5.11 Å². The fraction of sp³-hybridized carbons (Fsp3) is 0.367. The van der Waals surface area contributed by atoms with Crippen molar-refractivity contribution in [1.82, 2.24) is 24.3 Å². The minimum atomic E-state index is -0.391. The predicted molar refractivity (Wildman–Crippen MR) is 146 cm³/mol. The molecule has 0 bridgehead atoms. The lowest BCUT2D eigenvalue weighted by Crippen LogP contribution is -2.18. The Bertz CT molecular complexity index is 1370. The van der Waals surface area contributed by atoms with Crippen LogP contribution in [-0.4, -0.2) is 36.5 Å². The first kappa shape index (κ1) is 25.0. The summed E-state index contributed by atoms with van der Waals surface area (Å²) in [4.78, 5) is 9.22. The van der Waals surface area contributed by atoms with Crippen LogP contribution < -0.4 is 4.74 Å². The standard InChI is InChI=1S/C30H35N5O2/c1-4-5-8-27(36)24-13-11-23(12-14-24)25-7-6-17-35-30(25)32-29(33-35)16-10-22-9-15-26(28(18-22)37-3)34-19-21(2)31-20-34/h9-16,18-20,25,27,36H,4-8,17H2,1-3H3. The van der Waals surface area contributed by atoms with E-state index in [1.54, 1.807) is 13.4 Å². The van der Waals surface area contributed by atoms with Gasteiger partial charge in [0.15, 0.2) is 5.82 Å². The van der Waals surface area contributed by atoms with Crippen LogP contribution in [0.25, 0.3) is 17.8 Å². The van der Waals surface area contributed by atoms with E-state index in [0.717, 1.165) is 72.7 Å². The van der Waals surface area contributed by atoms with Gasteiger partial charge in [0.05, 0.1) is 30.9 Å². The fourth-order valence-electron chi connectivity index (χ4n) is 5.00. The zero-order valence-electron chi connectivity index (χ0n) is 21.8. The number of nitrogens with zero attached hydrogens (tertiary/aromatic N) is 5. The van der Waals surface area contributed by atoms with Crippen LogP contribution in [0, 0.1) is 6.92 Å². The summed E-state index contributed by atoms with van der Waals surface area (Å²) >= 11 is 0. The van der Waals surface area contributed by atoms with Gasteiger partial charge in [-0.05, 0) is 61.1 Å². The third kappa shape index (κ3) is 5.52. The molecule has 0 fully saturated rings. The molecule has 1 aliphatic heterocycles. The van der Waals surface area contributed by atoms with E-state index < -0.39 is 6.10 Å². The summed E-state index contributed by atoms with van der Waals surface area (Å²) in [6.07, 6.45) is 12.4. The normalized spacial score (nSPS) is 16.2. The maximum atomic E-state index is 10.4. The summed E-state index contributed by atoms with van der Waals surface area (Å²) in [5.41, 5.74) is 5.13. The Morgan fingerprint density at radius 1 is 1.16 bits per heavy atom. The van der Waals surface area contributed by atoms with Gasteiger partial charge in [-0.3, -0.25) is 0 Å². The van der Waals surface area contributed by atoms with Crippen LogP contribution >= 0.6 is 0 Å². The second-order valence-corrected chi connectivity index (χ2v) is 9.76. The highest BCUT2D eigenvalue weighted by Crippen LogP contribution is 2.33. The third-order valence-electron chi connectivity index (χ3n) is 7.06. The van der Waals surface area contributed by atoms with Crippen molar-refractivity contribution in [1.29, 1.82) is 0 Å². The Morgan fingerprint density at radius 2 is 2.00 bits per heavy atom. The summed E-state index contributed by atoms with van der Waals surface area (Å²) in [6, 6.07) is 14.5. The van der Waals surface area contributed by atoms with Crippen molar-refractivity contribution in [3.05, 3.63) is 89.0 Å². The van der Waals surface area contributed by atoms with Crippen molar-refractivity contribution < 1.29 is 9.84 Å². The minimum Gasteiger partial charge on any atom is -0.495 e. The Labute approximate surface area is 218 Å². The molecule has 0 radical (unpaired) electrons. The van der Waals surface area contributed by atoms with E-state index in [1.165, 1.54) is 5.56 Å². The number of aryl methyl sites for hydroxylation is 2. The SMILES string of the molecule is CCCCC(O)c1ccc(C2CCCn3nc(C=Cc4ccc(-n5cnc(C)c5)c(OC)c4)nc32)cc1. The van der Waals surface area contributed by atoms with E-state index >= 15 is 0 Å². The third-order valence-corrected chi connectivity index (χ3v) is 7.06. The van der Waals surface area contributed by atoms with Gasteiger partial charge in [0.1, 0.15) is 11.6 Å². The maximum Gasteiger partial charge on any atom is 0.174 e. The van der Waals surface area contributed by atoms with Crippen LogP contribution in [0.15, 0.2) is 55.0 Å². The second-order valence-electron chi connectivity index (χ2n) is 9.76. The number of rotatable bonds is 9. The zero-order chi connectivity index (χ0) is 25.8. The van der Waals surface area contributed by atoms with Crippen molar-refractivity contribution in [3.8, 4) is 11.4 Å². The minimum absolute atomic E-state index is 0.211. The average Bonchev–Trinajstić information content (AvgIpc) is 3.56. The van der Waals surface area contributed by atoms with Crippen LogP contribution in [0.2, 0.25) is 0 Å². The lowest BCUT2D eigenvalue weighted by Gasteiger charge is -2.23. The van der Waals surface area contributed by atoms with Gasteiger partial charge in [0, 0.05) is 18.7 Å². The number of hydrogen-bond donors (Lipinski definition) is 1. The van der Waals surface area contributed by atoms with Crippen LogP contribution in [0.1, 0.15) is 85.1 Å². The Kier molecular flexibility index (Phi) is 7.51. The molecule has 1 aliphatic rings. The molecule has 37 heavy (non-hydrogen) atoms. The van der Waals surface area contributed by atoms with E-state index in [0.29, 0.717) is 5.82 Å². The summed E-state index contributed by atoms with van der Waals surface area (Å²) < 4.78 is 9.65. The maximum absolute atomic E-state index is 10.4. The van der Waals surface area contributed by atoms with Gasteiger partial charge >= 0.3 is 0 Å². The molecule has 2 aromatic heterocycles. The topological polar surface area (TPSA) is 78.0 Å². The molecule has 192 valence electrons. The molecule has 7 heteroatoms. The summed E-state index contributed by atoms with van der Waals surface area (Å²) in [6.45, 7) is 5.00. The summed E-state index contributed by atoms with van der Waals surface area (Å²) in [7, 11) is 1.68. The van der Waals surface area contributed by atoms with E-state index in [2.05, 4.69) is 42.2 Å². The van der Waals surface area contributed by atoms with Crippen molar-refractivity contribution in [3.63, 3.8) is 0 Å². The van der Waals surface area contributed by atoms with E-state index in [4.69, 9.17) is 14.8 Å². The molecule has 0 saturated heterocycles. The average molecular weight is 498 g/mol. The molecule has 3 heterocycles. The Balaban J connectivity index is 1.34. The Morgan fingerprint density at radius 3 is 2.73 bits per heavy atom. The number of ether oxygens (including phenoxy) is 1. The molecule has 0 saturated carbocycles. The van der Waals surface area contributed by atoms with Gasteiger partial charge in [-0.15, -0.1) is 0 Å². The molecule has 5 rings (SSSR count). The van der Waals surface area contributed by atoms with Gasteiger partial charge < -0.3 is 14.4 Å². The molecule has 7 nitrogen and oxygen atoms in total. The van der Waals surface area contributed by atoms with Gasteiger partial charge in [0.2, 0.25) is 0 Å². The lowest BCUT2D eigenvalue weighted by atomic mass is 9.90. The molecule has 0 spiro atoms. The molecular weight excluding hydrogens is 462 g/mol. The monoisotopic (exact) mass is 497 g/mol. The van der Waals surface area contributed by atoms with Crippen LogP contribution in [0.5, 0.6) is 5.75 Å². The van der Waals surface area contributed by atoms with Crippen LogP contribution in [0.4, 0.5) is 0 Å². The summed E-state index contributed by atoms with van der Waals surface area (Å²) in [5.74, 6) is 2.71.